The number of hydrogen-bond acceptors (Lipinski definition) is 10. The topological polar surface area (TPSA) is 156 Å². The molecule has 2 amide bonds. The summed E-state index contributed by atoms with van der Waals surface area (Å²) in [5.74, 6) is 0.953. The smallest absolute Gasteiger partial charge is 0.258 e. The van der Waals surface area contributed by atoms with Gasteiger partial charge in [-0.2, -0.15) is 10.2 Å². The summed E-state index contributed by atoms with van der Waals surface area (Å²) in [7, 11) is 3.38. The van der Waals surface area contributed by atoms with Gasteiger partial charge in [0.15, 0.2) is 11.4 Å². The molecular weight excluding hydrogens is 636 g/mol. The molecule has 7 rings (SSSR count). The molecule has 258 valence electrons. The average molecular weight is 677 g/mol. The number of fused-ring (bicyclic) bond motifs is 1. The third-order valence-corrected chi connectivity index (χ3v) is 9.17. The fourth-order valence-corrected chi connectivity index (χ4v) is 6.43. The number of rotatable bonds is 10. The molecule has 50 heavy (non-hydrogen) atoms. The SMILES string of the molecule is CO[C@@]1(C(=O)Nc2ccc3[nH]nc(-c4ccc(OC(C)C)nc4)c3c2)CCN(CC(=O)N2CC=C(c3ccc(-c4ncn(C)n4)cn3)CC2)C1. The van der Waals surface area contributed by atoms with Gasteiger partial charge >= 0.3 is 0 Å². The molecule has 0 bridgehead atoms. The molecule has 2 aliphatic rings. The van der Waals surface area contributed by atoms with E-state index in [9.17, 15) is 9.59 Å². The Morgan fingerprint density at radius 1 is 1.04 bits per heavy atom. The predicted octanol–water partition coefficient (Wildman–Crippen LogP) is 3.95. The molecular formula is C36H40N10O4. The lowest BCUT2D eigenvalue weighted by atomic mass is 10.0. The molecule has 0 spiro atoms. The maximum Gasteiger partial charge on any atom is 0.258 e. The van der Waals surface area contributed by atoms with Gasteiger partial charge < -0.3 is 19.7 Å². The highest BCUT2D eigenvalue weighted by atomic mass is 16.5. The molecule has 1 atom stereocenters. The van der Waals surface area contributed by atoms with Crippen molar-refractivity contribution in [2.45, 2.75) is 38.4 Å². The number of benzene rings is 1. The number of H-pyrrole nitrogens is 1. The molecule has 0 radical (unpaired) electrons. The first-order chi connectivity index (χ1) is 24.2. The number of aryl methyl sites for hydroxylation is 1. The van der Waals surface area contributed by atoms with Crippen LogP contribution in [0.1, 0.15) is 32.4 Å². The molecule has 2 N–H and O–H groups in total. The third-order valence-electron chi connectivity index (χ3n) is 9.17. The summed E-state index contributed by atoms with van der Waals surface area (Å²) in [6, 6.07) is 13.3. The van der Waals surface area contributed by atoms with Crippen LogP contribution in [0.3, 0.4) is 0 Å². The van der Waals surface area contributed by atoms with E-state index >= 15 is 0 Å². The van der Waals surface area contributed by atoms with E-state index < -0.39 is 5.60 Å². The largest absolute Gasteiger partial charge is 0.475 e. The number of aromatic nitrogens is 7. The summed E-state index contributed by atoms with van der Waals surface area (Å²) in [4.78, 5) is 44.2. The second-order valence-corrected chi connectivity index (χ2v) is 13.0. The zero-order valence-corrected chi connectivity index (χ0v) is 28.6. The summed E-state index contributed by atoms with van der Waals surface area (Å²) >= 11 is 0. The van der Waals surface area contributed by atoms with Crippen molar-refractivity contribution in [2.75, 3.05) is 45.2 Å². The quantitative estimate of drug-likeness (QED) is 0.222. The number of anilines is 1. The molecule has 1 fully saturated rings. The maximum atomic E-state index is 13.7. The Morgan fingerprint density at radius 2 is 1.88 bits per heavy atom. The van der Waals surface area contributed by atoms with E-state index in [-0.39, 0.29) is 24.5 Å². The van der Waals surface area contributed by atoms with Gasteiger partial charge in [-0.3, -0.25) is 29.3 Å². The number of ether oxygens (including phenoxy) is 2. The average Bonchev–Trinajstić information content (AvgIpc) is 3.87. The third kappa shape index (κ3) is 6.84. The zero-order chi connectivity index (χ0) is 34.8. The first kappa shape index (κ1) is 33.0. The first-order valence-electron chi connectivity index (χ1n) is 16.7. The molecule has 6 heterocycles. The zero-order valence-electron chi connectivity index (χ0n) is 28.6. The number of nitrogens with zero attached hydrogens (tertiary/aromatic N) is 8. The number of likely N-dealkylation sites (tertiary alicyclic amines) is 1. The van der Waals surface area contributed by atoms with Crippen LogP contribution in [0, 0.1) is 0 Å². The van der Waals surface area contributed by atoms with Crippen LogP contribution >= 0.6 is 0 Å². The van der Waals surface area contributed by atoms with Crippen LogP contribution in [-0.4, -0.2) is 108 Å². The molecule has 4 aromatic heterocycles. The van der Waals surface area contributed by atoms with Crippen molar-refractivity contribution in [3.05, 3.63) is 73.0 Å². The number of nitrogens with one attached hydrogen (secondary N) is 2. The molecule has 2 aliphatic heterocycles. The summed E-state index contributed by atoms with van der Waals surface area (Å²) in [6.07, 6.45) is 8.44. The van der Waals surface area contributed by atoms with Crippen LogP contribution in [0.4, 0.5) is 5.69 Å². The van der Waals surface area contributed by atoms with E-state index in [0.29, 0.717) is 56.4 Å². The van der Waals surface area contributed by atoms with Crippen LogP contribution in [-0.2, 0) is 21.4 Å². The Kier molecular flexibility index (Phi) is 9.12. The van der Waals surface area contributed by atoms with Crippen molar-refractivity contribution < 1.29 is 19.1 Å². The number of carbonyl (C=O) groups is 2. The van der Waals surface area contributed by atoms with Crippen molar-refractivity contribution in [2.24, 2.45) is 7.05 Å². The highest BCUT2D eigenvalue weighted by molar-refractivity contribution is 6.01. The van der Waals surface area contributed by atoms with Crippen molar-refractivity contribution in [3.8, 4) is 28.5 Å². The standard InChI is InChI=1S/C36H40N10O4/c1-23(2)50-31-10-6-25(18-38-31)33-28-17-27(7-9-30(28)41-42-33)40-35(48)36(49-4)13-16-45(21-36)20-32(47)46-14-11-24(12-15-46)29-8-5-26(19-37-29)34-39-22-44(3)43-34/h5-11,17-19,22-23H,12-16,20-21H2,1-4H3,(H,40,48)(H,41,42)/t36-/m0/s1. The van der Waals surface area contributed by atoms with E-state index in [1.807, 2.05) is 73.2 Å². The van der Waals surface area contributed by atoms with Gasteiger partial charge in [-0.15, -0.1) is 0 Å². The van der Waals surface area contributed by atoms with Gasteiger partial charge in [0.1, 0.15) is 12.0 Å². The summed E-state index contributed by atoms with van der Waals surface area (Å²) in [5, 5.41) is 15.8. The lowest BCUT2D eigenvalue weighted by Crippen LogP contribution is -2.48. The number of methoxy groups -OCH3 is 1. The van der Waals surface area contributed by atoms with Gasteiger partial charge in [0.25, 0.3) is 5.91 Å². The van der Waals surface area contributed by atoms with Crippen LogP contribution in [0.25, 0.3) is 39.1 Å². The number of carbonyl (C=O) groups excluding carboxylic acids is 2. The molecule has 14 nitrogen and oxygen atoms in total. The van der Waals surface area contributed by atoms with E-state index in [2.05, 4.69) is 41.6 Å². The normalized spacial score (nSPS) is 18.1. The monoisotopic (exact) mass is 676 g/mol. The lowest BCUT2D eigenvalue weighted by Gasteiger charge is -2.29. The Bertz CT molecular complexity index is 2040. The first-order valence-corrected chi connectivity index (χ1v) is 16.7. The predicted molar refractivity (Wildman–Crippen MR) is 188 cm³/mol. The van der Waals surface area contributed by atoms with Crippen molar-refractivity contribution in [3.63, 3.8) is 0 Å². The molecule has 1 saturated heterocycles. The minimum atomic E-state index is -1.08. The molecule has 0 aliphatic carbocycles. The van der Waals surface area contributed by atoms with Crippen molar-refractivity contribution in [1.82, 2.24) is 44.7 Å². The van der Waals surface area contributed by atoms with Gasteiger partial charge in [-0.25, -0.2) is 9.97 Å². The van der Waals surface area contributed by atoms with Gasteiger partial charge in [0.2, 0.25) is 11.8 Å². The number of amides is 2. The fraction of sp³-hybridized carbons (Fsp3) is 0.361. The van der Waals surface area contributed by atoms with Crippen molar-refractivity contribution in [1.29, 1.82) is 0 Å². The van der Waals surface area contributed by atoms with Crippen LogP contribution in [0.2, 0.25) is 0 Å². The molecule has 0 unspecified atom stereocenters. The Hall–Kier alpha value is -5.47. The fourth-order valence-electron chi connectivity index (χ4n) is 6.43. The Morgan fingerprint density at radius 3 is 2.56 bits per heavy atom. The summed E-state index contributed by atoms with van der Waals surface area (Å²) < 4.78 is 13.2. The number of hydrogen-bond donors (Lipinski definition) is 2. The van der Waals surface area contributed by atoms with Gasteiger partial charge in [0.05, 0.1) is 23.9 Å². The Labute approximate surface area is 289 Å². The lowest BCUT2D eigenvalue weighted by molar-refractivity contribution is -0.138. The highest BCUT2D eigenvalue weighted by Gasteiger charge is 2.45. The van der Waals surface area contributed by atoms with E-state index in [1.54, 1.807) is 30.5 Å². The van der Waals surface area contributed by atoms with Crippen molar-refractivity contribution >= 4 is 34.0 Å². The summed E-state index contributed by atoms with van der Waals surface area (Å²) in [6.45, 7) is 6.11. The minimum Gasteiger partial charge on any atom is -0.475 e. The second kappa shape index (κ2) is 13.8. The maximum absolute atomic E-state index is 13.7. The van der Waals surface area contributed by atoms with Crippen LogP contribution in [0.15, 0.2) is 67.3 Å². The summed E-state index contributed by atoms with van der Waals surface area (Å²) in [5.41, 5.74) is 4.77. The van der Waals surface area contributed by atoms with E-state index in [1.165, 1.54) is 0 Å². The molecule has 14 heteroatoms. The molecule has 1 aromatic carbocycles. The molecule has 5 aromatic rings. The second-order valence-electron chi connectivity index (χ2n) is 13.0. The highest BCUT2D eigenvalue weighted by Crippen LogP contribution is 2.31. The number of aromatic amines is 1. The van der Waals surface area contributed by atoms with Gasteiger partial charge in [-0.1, -0.05) is 6.08 Å². The minimum absolute atomic E-state index is 0.0216. The van der Waals surface area contributed by atoms with Crippen LogP contribution in [0.5, 0.6) is 5.88 Å². The van der Waals surface area contributed by atoms with Crippen LogP contribution < -0.4 is 10.1 Å². The van der Waals surface area contributed by atoms with Gasteiger partial charge in [0, 0.05) is 81.0 Å². The Balaban J connectivity index is 0.955. The van der Waals surface area contributed by atoms with E-state index in [4.69, 9.17) is 9.47 Å². The van der Waals surface area contributed by atoms with E-state index in [0.717, 1.165) is 39.0 Å². The number of pyridine rings is 2. The van der Waals surface area contributed by atoms with Gasteiger partial charge in [-0.05, 0) is 68.7 Å². The molecule has 0 saturated carbocycles.